The van der Waals surface area contributed by atoms with Gasteiger partial charge in [0.25, 0.3) is 15.9 Å². The average molecular weight is 431 g/mol. The number of benzene rings is 3. The summed E-state index contributed by atoms with van der Waals surface area (Å²) in [5.74, 6) is 0.241. The molecule has 0 aromatic heterocycles. The molecule has 3 aromatic rings. The van der Waals surface area contributed by atoms with Crippen LogP contribution in [0.3, 0.4) is 0 Å². The lowest BCUT2D eigenvalue weighted by molar-refractivity contribution is -0.122. The van der Waals surface area contributed by atoms with E-state index in [1.807, 2.05) is 18.2 Å². The molecule has 0 unspecified atom stereocenters. The van der Waals surface area contributed by atoms with E-state index in [-0.39, 0.29) is 10.8 Å². The molecule has 150 valence electrons. The highest BCUT2D eigenvalue weighted by atomic mass is 35.5. The van der Waals surface area contributed by atoms with Crippen molar-refractivity contribution in [1.82, 2.24) is 0 Å². The second-order valence-corrected chi connectivity index (χ2v) is 8.32. The summed E-state index contributed by atoms with van der Waals surface area (Å²) in [6, 6.07) is 21.3. The molecule has 3 rings (SSSR count). The van der Waals surface area contributed by atoms with Crippen molar-refractivity contribution in [3.63, 3.8) is 0 Å². The first kappa shape index (κ1) is 20.7. The molecular formula is C21H19ClN2O4S. The summed E-state index contributed by atoms with van der Waals surface area (Å²) < 4.78 is 33.0. The Morgan fingerprint density at radius 1 is 0.931 bits per heavy atom. The molecule has 1 amide bonds. The standard InChI is InChI=1S/C21H19ClN2O4S/c1-15(28-19-8-3-2-4-9-19)21(25)23-17-10-12-20(13-11-17)29(26,27)24-18-7-5-6-16(22)14-18/h2-15,24H,1H3,(H,23,25)/t15-/m1/s1. The Bertz CT molecular complexity index is 1090. The number of anilines is 2. The summed E-state index contributed by atoms with van der Waals surface area (Å²) in [4.78, 5) is 12.4. The number of carbonyl (C=O) groups is 1. The molecule has 0 aliphatic rings. The number of nitrogens with one attached hydrogen (secondary N) is 2. The van der Waals surface area contributed by atoms with Crippen LogP contribution in [0.2, 0.25) is 5.02 Å². The van der Waals surface area contributed by atoms with Gasteiger partial charge < -0.3 is 10.1 Å². The molecule has 2 N–H and O–H groups in total. The van der Waals surface area contributed by atoms with Crippen LogP contribution in [0.4, 0.5) is 11.4 Å². The van der Waals surface area contributed by atoms with Gasteiger partial charge in [0.2, 0.25) is 0 Å². The first-order valence-corrected chi connectivity index (χ1v) is 10.6. The van der Waals surface area contributed by atoms with Gasteiger partial charge in [-0.15, -0.1) is 0 Å². The number of halogens is 1. The molecule has 0 fully saturated rings. The van der Waals surface area contributed by atoms with Crippen molar-refractivity contribution in [1.29, 1.82) is 0 Å². The van der Waals surface area contributed by atoms with Crippen LogP contribution in [-0.4, -0.2) is 20.4 Å². The van der Waals surface area contributed by atoms with Crippen molar-refractivity contribution in [3.05, 3.63) is 83.9 Å². The fraction of sp³-hybridized carbons (Fsp3) is 0.0952. The van der Waals surface area contributed by atoms with Gasteiger partial charge in [0.05, 0.1) is 10.6 Å². The fourth-order valence-corrected chi connectivity index (χ4v) is 3.72. The molecular weight excluding hydrogens is 412 g/mol. The Labute approximate surface area is 174 Å². The summed E-state index contributed by atoms with van der Waals surface area (Å²) in [7, 11) is -3.78. The molecule has 6 nitrogen and oxygen atoms in total. The summed E-state index contributed by atoms with van der Waals surface area (Å²) in [6.45, 7) is 1.63. The summed E-state index contributed by atoms with van der Waals surface area (Å²) in [5.41, 5.74) is 0.821. The van der Waals surface area contributed by atoms with E-state index in [4.69, 9.17) is 16.3 Å². The highest BCUT2D eigenvalue weighted by Crippen LogP contribution is 2.21. The van der Waals surface area contributed by atoms with E-state index >= 15 is 0 Å². The third-order valence-corrected chi connectivity index (χ3v) is 5.57. The van der Waals surface area contributed by atoms with Crippen LogP contribution in [0, 0.1) is 0 Å². The van der Waals surface area contributed by atoms with E-state index in [9.17, 15) is 13.2 Å². The summed E-state index contributed by atoms with van der Waals surface area (Å²) >= 11 is 5.88. The summed E-state index contributed by atoms with van der Waals surface area (Å²) in [6.07, 6.45) is -0.717. The minimum atomic E-state index is -3.78. The molecule has 0 saturated carbocycles. The van der Waals surface area contributed by atoms with Crippen LogP contribution in [0.25, 0.3) is 0 Å². The van der Waals surface area contributed by atoms with Crippen molar-refractivity contribution >= 4 is 38.9 Å². The first-order valence-electron chi connectivity index (χ1n) is 8.74. The van der Waals surface area contributed by atoms with Crippen molar-refractivity contribution < 1.29 is 17.9 Å². The SMILES string of the molecule is C[C@@H](Oc1ccccc1)C(=O)Nc1ccc(S(=O)(=O)Nc2cccc(Cl)c2)cc1. The van der Waals surface area contributed by atoms with E-state index in [2.05, 4.69) is 10.0 Å². The van der Waals surface area contributed by atoms with Crippen LogP contribution in [0.5, 0.6) is 5.75 Å². The van der Waals surface area contributed by atoms with Gasteiger partial charge in [-0.25, -0.2) is 8.42 Å². The Morgan fingerprint density at radius 2 is 1.62 bits per heavy atom. The highest BCUT2D eigenvalue weighted by molar-refractivity contribution is 7.92. The van der Waals surface area contributed by atoms with Gasteiger partial charge in [-0.3, -0.25) is 9.52 Å². The number of ether oxygens (including phenoxy) is 1. The molecule has 0 saturated heterocycles. The van der Waals surface area contributed by atoms with Crippen molar-refractivity contribution in [2.24, 2.45) is 0 Å². The number of para-hydroxylation sites is 1. The topological polar surface area (TPSA) is 84.5 Å². The fourth-order valence-electron chi connectivity index (χ4n) is 2.48. The van der Waals surface area contributed by atoms with E-state index < -0.39 is 16.1 Å². The van der Waals surface area contributed by atoms with E-state index in [1.54, 1.807) is 37.3 Å². The van der Waals surface area contributed by atoms with Gasteiger partial charge in [-0.05, 0) is 61.5 Å². The normalized spacial score (nSPS) is 12.1. The number of carbonyl (C=O) groups excluding carboxylic acids is 1. The predicted molar refractivity (Wildman–Crippen MR) is 114 cm³/mol. The van der Waals surface area contributed by atoms with E-state index in [0.717, 1.165) is 0 Å². The van der Waals surface area contributed by atoms with E-state index in [0.29, 0.717) is 22.1 Å². The Hall–Kier alpha value is -3.03. The van der Waals surface area contributed by atoms with Gasteiger partial charge in [-0.1, -0.05) is 35.9 Å². The number of hydrogen-bond donors (Lipinski definition) is 2. The highest BCUT2D eigenvalue weighted by Gasteiger charge is 2.17. The second kappa shape index (κ2) is 8.98. The third kappa shape index (κ3) is 5.73. The molecule has 0 aliphatic carbocycles. The monoisotopic (exact) mass is 430 g/mol. The smallest absolute Gasteiger partial charge is 0.265 e. The number of rotatable bonds is 7. The zero-order chi connectivity index (χ0) is 20.9. The second-order valence-electron chi connectivity index (χ2n) is 6.20. The molecule has 3 aromatic carbocycles. The van der Waals surface area contributed by atoms with Crippen LogP contribution in [0.1, 0.15) is 6.92 Å². The molecule has 8 heteroatoms. The first-order chi connectivity index (χ1) is 13.8. The maximum atomic E-state index is 12.5. The number of hydrogen-bond acceptors (Lipinski definition) is 4. The average Bonchev–Trinajstić information content (AvgIpc) is 2.69. The van der Waals surface area contributed by atoms with Crippen molar-refractivity contribution in [2.45, 2.75) is 17.9 Å². The van der Waals surface area contributed by atoms with E-state index in [1.165, 1.54) is 30.3 Å². The van der Waals surface area contributed by atoms with Gasteiger partial charge >= 0.3 is 0 Å². The maximum absolute atomic E-state index is 12.5. The molecule has 1 atom stereocenters. The quantitative estimate of drug-likeness (QED) is 0.576. The Kier molecular flexibility index (Phi) is 6.41. The minimum Gasteiger partial charge on any atom is -0.481 e. The van der Waals surface area contributed by atoms with Gasteiger partial charge in [0.15, 0.2) is 6.10 Å². The zero-order valence-corrected chi connectivity index (χ0v) is 17.1. The van der Waals surface area contributed by atoms with Crippen LogP contribution in [-0.2, 0) is 14.8 Å². The van der Waals surface area contributed by atoms with Crippen molar-refractivity contribution in [2.75, 3.05) is 10.0 Å². The van der Waals surface area contributed by atoms with Gasteiger partial charge in [-0.2, -0.15) is 0 Å². The molecule has 29 heavy (non-hydrogen) atoms. The van der Waals surface area contributed by atoms with Crippen molar-refractivity contribution in [3.8, 4) is 5.75 Å². The third-order valence-electron chi connectivity index (χ3n) is 3.93. The lowest BCUT2D eigenvalue weighted by Crippen LogP contribution is -2.30. The van der Waals surface area contributed by atoms with Gasteiger partial charge in [0, 0.05) is 10.7 Å². The van der Waals surface area contributed by atoms with Crippen LogP contribution >= 0.6 is 11.6 Å². The number of sulfonamides is 1. The largest absolute Gasteiger partial charge is 0.481 e. The maximum Gasteiger partial charge on any atom is 0.265 e. The Morgan fingerprint density at radius 3 is 2.28 bits per heavy atom. The van der Waals surface area contributed by atoms with Crippen LogP contribution in [0.15, 0.2) is 83.8 Å². The zero-order valence-electron chi connectivity index (χ0n) is 15.5. The Balaban J connectivity index is 1.64. The predicted octanol–water partition coefficient (Wildman–Crippen LogP) is 4.55. The lowest BCUT2D eigenvalue weighted by atomic mass is 10.3. The minimum absolute atomic E-state index is 0.0593. The van der Waals surface area contributed by atoms with Gasteiger partial charge in [0.1, 0.15) is 5.75 Å². The van der Waals surface area contributed by atoms with Crippen LogP contribution < -0.4 is 14.8 Å². The lowest BCUT2D eigenvalue weighted by Gasteiger charge is -2.15. The molecule has 0 heterocycles. The molecule has 0 aliphatic heterocycles. The molecule has 0 radical (unpaired) electrons. The summed E-state index contributed by atoms with van der Waals surface area (Å²) in [5, 5.41) is 3.13. The molecule has 0 spiro atoms. The molecule has 0 bridgehead atoms. The number of amides is 1.